The lowest BCUT2D eigenvalue weighted by atomic mass is 10.2. The molecule has 1 aliphatic heterocycles. The van der Waals surface area contributed by atoms with Crippen LogP contribution < -0.4 is 0 Å². The zero-order valence-corrected chi connectivity index (χ0v) is 6.40. The lowest BCUT2D eigenvalue weighted by molar-refractivity contribution is 0.122. The van der Waals surface area contributed by atoms with Gasteiger partial charge in [-0.05, 0) is 25.1 Å². The van der Waals surface area contributed by atoms with Crippen molar-refractivity contribution in [2.24, 2.45) is 0 Å². The standard InChI is InChI=1S/C6H10O2S/c1-4-3-5(2)9-6(7)8-4/h4-5H,3H2,1-2H3. The Balaban J connectivity index is 2.43. The Morgan fingerprint density at radius 2 is 2.33 bits per heavy atom. The summed E-state index contributed by atoms with van der Waals surface area (Å²) in [6.07, 6.45) is 1.10. The fourth-order valence-corrected chi connectivity index (χ4v) is 1.84. The van der Waals surface area contributed by atoms with E-state index in [0.717, 1.165) is 6.42 Å². The third kappa shape index (κ3) is 1.90. The van der Waals surface area contributed by atoms with Gasteiger partial charge in [-0.15, -0.1) is 0 Å². The van der Waals surface area contributed by atoms with Crippen molar-refractivity contribution in [1.82, 2.24) is 0 Å². The highest BCUT2D eigenvalue weighted by molar-refractivity contribution is 8.13. The van der Waals surface area contributed by atoms with Gasteiger partial charge in [0.25, 0.3) is 0 Å². The Hall–Kier alpha value is -0.180. The summed E-state index contributed by atoms with van der Waals surface area (Å²) >= 11 is 1.28. The number of carbonyl (C=O) groups is 1. The van der Waals surface area contributed by atoms with Crippen LogP contribution in [0.5, 0.6) is 0 Å². The minimum Gasteiger partial charge on any atom is -0.455 e. The molecule has 1 rings (SSSR count). The Morgan fingerprint density at radius 1 is 1.67 bits per heavy atom. The van der Waals surface area contributed by atoms with Crippen molar-refractivity contribution in [3.05, 3.63) is 0 Å². The fourth-order valence-electron chi connectivity index (χ4n) is 0.920. The minimum atomic E-state index is -0.124. The Labute approximate surface area is 59.0 Å². The van der Waals surface area contributed by atoms with E-state index in [1.165, 1.54) is 11.8 Å². The lowest BCUT2D eigenvalue weighted by Gasteiger charge is -2.22. The minimum absolute atomic E-state index is 0.119. The normalized spacial score (nSPS) is 36.0. The molecule has 0 aromatic rings. The van der Waals surface area contributed by atoms with E-state index in [9.17, 15) is 4.79 Å². The number of carbonyl (C=O) groups excluding carboxylic acids is 1. The van der Waals surface area contributed by atoms with Crippen molar-refractivity contribution in [2.45, 2.75) is 31.6 Å². The van der Waals surface area contributed by atoms with E-state index in [1.807, 2.05) is 13.8 Å². The van der Waals surface area contributed by atoms with Crippen LogP contribution in [0.4, 0.5) is 4.79 Å². The quantitative estimate of drug-likeness (QED) is 0.489. The van der Waals surface area contributed by atoms with Crippen LogP contribution in [0.2, 0.25) is 0 Å². The van der Waals surface area contributed by atoms with Crippen LogP contribution in [0, 0.1) is 0 Å². The summed E-state index contributed by atoms with van der Waals surface area (Å²) in [7, 11) is 0. The number of ether oxygens (including phenoxy) is 1. The molecule has 9 heavy (non-hydrogen) atoms. The van der Waals surface area contributed by atoms with Gasteiger partial charge in [-0.1, -0.05) is 6.92 Å². The number of hydrogen-bond acceptors (Lipinski definition) is 3. The van der Waals surface area contributed by atoms with E-state index < -0.39 is 0 Å². The molecule has 0 saturated carbocycles. The summed E-state index contributed by atoms with van der Waals surface area (Å²) in [5, 5.41) is 0.308. The second-order valence-corrected chi connectivity index (χ2v) is 3.72. The maximum Gasteiger partial charge on any atom is 0.367 e. The van der Waals surface area contributed by atoms with Gasteiger partial charge in [0.15, 0.2) is 0 Å². The van der Waals surface area contributed by atoms with Gasteiger partial charge >= 0.3 is 5.30 Å². The predicted molar refractivity (Wildman–Crippen MR) is 37.6 cm³/mol. The number of hydrogen-bond donors (Lipinski definition) is 0. The average Bonchev–Trinajstić information content (AvgIpc) is 1.59. The molecule has 0 bridgehead atoms. The first-order valence-electron chi connectivity index (χ1n) is 3.05. The fraction of sp³-hybridized carbons (Fsp3) is 0.833. The first kappa shape index (κ1) is 6.93. The van der Waals surface area contributed by atoms with E-state index in [-0.39, 0.29) is 11.4 Å². The summed E-state index contributed by atoms with van der Waals surface area (Å²) in [5.41, 5.74) is 0. The molecule has 1 aliphatic rings. The molecule has 2 nitrogen and oxygen atoms in total. The van der Waals surface area contributed by atoms with Crippen molar-refractivity contribution in [3.63, 3.8) is 0 Å². The molecule has 52 valence electrons. The molecule has 3 heteroatoms. The number of rotatable bonds is 0. The maximum atomic E-state index is 10.6. The van der Waals surface area contributed by atoms with Crippen molar-refractivity contribution < 1.29 is 9.53 Å². The SMILES string of the molecule is CC1CC(C)SC(=O)O1. The number of thioether (sulfide) groups is 1. The summed E-state index contributed by atoms with van der Waals surface area (Å²) in [5.74, 6) is 0. The van der Waals surface area contributed by atoms with Gasteiger partial charge in [-0.3, -0.25) is 0 Å². The molecule has 1 fully saturated rings. The van der Waals surface area contributed by atoms with Crippen LogP contribution in [0.25, 0.3) is 0 Å². The van der Waals surface area contributed by atoms with Gasteiger partial charge in [0.1, 0.15) is 6.10 Å². The molecule has 0 spiro atoms. The topological polar surface area (TPSA) is 26.3 Å². The van der Waals surface area contributed by atoms with Crippen molar-refractivity contribution in [2.75, 3.05) is 0 Å². The Bertz CT molecular complexity index is 112. The van der Waals surface area contributed by atoms with Crippen LogP contribution in [0.15, 0.2) is 0 Å². The van der Waals surface area contributed by atoms with Crippen LogP contribution in [0.1, 0.15) is 20.3 Å². The largest absolute Gasteiger partial charge is 0.455 e. The molecule has 0 N–H and O–H groups in total. The van der Waals surface area contributed by atoms with Gasteiger partial charge < -0.3 is 4.74 Å². The van der Waals surface area contributed by atoms with Gasteiger partial charge in [-0.25, -0.2) is 4.79 Å². The van der Waals surface area contributed by atoms with Crippen LogP contribution in [0.3, 0.4) is 0 Å². The molecule has 1 heterocycles. The van der Waals surface area contributed by atoms with E-state index in [1.54, 1.807) is 0 Å². The third-order valence-corrected chi connectivity index (χ3v) is 2.14. The van der Waals surface area contributed by atoms with Crippen molar-refractivity contribution in [3.8, 4) is 0 Å². The summed E-state index contributed by atoms with van der Waals surface area (Å²) in [6.45, 7) is 3.97. The highest BCUT2D eigenvalue weighted by Gasteiger charge is 2.22. The highest BCUT2D eigenvalue weighted by Crippen LogP contribution is 2.25. The second kappa shape index (κ2) is 2.60. The van der Waals surface area contributed by atoms with E-state index in [4.69, 9.17) is 4.74 Å². The van der Waals surface area contributed by atoms with E-state index >= 15 is 0 Å². The Morgan fingerprint density at radius 3 is 2.78 bits per heavy atom. The smallest absolute Gasteiger partial charge is 0.367 e. The lowest BCUT2D eigenvalue weighted by Crippen LogP contribution is -2.23. The molecular weight excluding hydrogens is 136 g/mol. The number of cyclic esters (lactones) is 1. The van der Waals surface area contributed by atoms with Gasteiger partial charge in [-0.2, -0.15) is 0 Å². The monoisotopic (exact) mass is 146 g/mol. The molecule has 0 amide bonds. The first-order valence-corrected chi connectivity index (χ1v) is 3.93. The average molecular weight is 146 g/mol. The molecule has 0 aromatic carbocycles. The zero-order valence-electron chi connectivity index (χ0n) is 5.59. The molecule has 0 radical (unpaired) electrons. The molecule has 2 atom stereocenters. The van der Waals surface area contributed by atoms with Crippen LogP contribution >= 0.6 is 11.8 Å². The van der Waals surface area contributed by atoms with Gasteiger partial charge in [0.05, 0.1) is 0 Å². The maximum absolute atomic E-state index is 10.6. The van der Waals surface area contributed by atoms with Gasteiger partial charge in [0, 0.05) is 5.25 Å². The summed E-state index contributed by atoms with van der Waals surface area (Å²) in [6, 6.07) is 0. The molecule has 2 unspecified atom stereocenters. The Kier molecular flexibility index (Phi) is 2.01. The summed E-state index contributed by atoms with van der Waals surface area (Å²) < 4.78 is 4.88. The van der Waals surface area contributed by atoms with Crippen molar-refractivity contribution >= 4 is 17.1 Å². The molecular formula is C6H10O2S. The predicted octanol–water partition coefficient (Wildman–Crippen LogP) is 2.04. The summed E-state index contributed by atoms with van der Waals surface area (Å²) in [4.78, 5) is 10.6. The van der Waals surface area contributed by atoms with E-state index in [2.05, 4.69) is 0 Å². The highest BCUT2D eigenvalue weighted by atomic mass is 32.2. The zero-order chi connectivity index (χ0) is 6.85. The first-order chi connectivity index (χ1) is 4.18. The van der Waals surface area contributed by atoms with Crippen molar-refractivity contribution in [1.29, 1.82) is 0 Å². The van der Waals surface area contributed by atoms with E-state index in [0.29, 0.717) is 5.25 Å². The third-order valence-electron chi connectivity index (χ3n) is 1.26. The second-order valence-electron chi connectivity index (χ2n) is 2.34. The van der Waals surface area contributed by atoms with Crippen LogP contribution in [-0.2, 0) is 4.74 Å². The van der Waals surface area contributed by atoms with Crippen LogP contribution in [-0.4, -0.2) is 16.7 Å². The van der Waals surface area contributed by atoms with Gasteiger partial charge in [0.2, 0.25) is 0 Å². The molecule has 0 aromatic heterocycles. The molecule has 0 aliphatic carbocycles. The molecule has 1 saturated heterocycles.